The molecule has 0 saturated carbocycles. The Bertz CT molecular complexity index is 465. The normalized spacial score (nSPS) is 11.9. The lowest BCUT2D eigenvalue weighted by Gasteiger charge is -2.14. The number of hydrogen-bond acceptors (Lipinski definition) is 5. The molecule has 0 aromatic heterocycles. The average Bonchev–Trinajstić information content (AvgIpc) is 2.28. The highest BCUT2D eigenvalue weighted by atomic mass is 32.2. The molecule has 18 heavy (non-hydrogen) atoms. The number of rotatable bonds is 6. The summed E-state index contributed by atoms with van der Waals surface area (Å²) >= 11 is 1.63. The van der Waals surface area contributed by atoms with Gasteiger partial charge in [0.15, 0.2) is 0 Å². The zero-order valence-corrected chi connectivity index (χ0v) is 11.0. The zero-order chi connectivity index (χ0) is 13.7. The summed E-state index contributed by atoms with van der Waals surface area (Å²) in [6.45, 7) is 1.91. The lowest BCUT2D eigenvalue weighted by Crippen LogP contribution is -2.19. The lowest BCUT2D eigenvalue weighted by molar-refractivity contribution is -0.384. The summed E-state index contributed by atoms with van der Waals surface area (Å²) in [5, 5.41) is 13.9. The number of nitrogens with two attached hydrogens (primary N) is 1. The highest BCUT2D eigenvalue weighted by Gasteiger charge is 2.17. The SMILES string of the molecule is CSCC(C)Nc1cc(C(N)=O)ccc1[N+](=O)[O-]. The summed E-state index contributed by atoms with van der Waals surface area (Å²) in [7, 11) is 0. The quantitative estimate of drug-likeness (QED) is 0.606. The van der Waals surface area contributed by atoms with Crippen molar-refractivity contribution in [3.63, 3.8) is 0 Å². The van der Waals surface area contributed by atoms with E-state index in [-0.39, 0.29) is 17.3 Å². The van der Waals surface area contributed by atoms with E-state index in [2.05, 4.69) is 5.32 Å². The van der Waals surface area contributed by atoms with Crippen LogP contribution >= 0.6 is 11.8 Å². The second kappa shape index (κ2) is 6.25. The van der Waals surface area contributed by atoms with Crippen LogP contribution in [-0.4, -0.2) is 28.9 Å². The van der Waals surface area contributed by atoms with E-state index < -0.39 is 10.8 Å². The van der Waals surface area contributed by atoms with Gasteiger partial charge in [-0.05, 0) is 25.3 Å². The number of hydrogen-bond donors (Lipinski definition) is 2. The molecule has 7 heteroatoms. The third-order valence-electron chi connectivity index (χ3n) is 2.30. The van der Waals surface area contributed by atoms with Crippen LogP contribution in [0.15, 0.2) is 18.2 Å². The molecule has 0 bridgehead atoms. The van der Waals surface area contributed by atoms with E-state index in [0.717, 1.165) is 5.75 Å². The predicted molar refractivity (Wildman–Crippen MR) is 73.1 cm³/mol. The fraction of sp³-hybridized carbons (Fsp3) is 0.364. The topological polar surface area (TPSA) is 98.3 Å². The van der Waals surface area contributed by atoms with Crippen LogP contribution in [0.1, 0.15) is 17.3 Å². The maximum Gasteiger partial charge on any atom is 0.292 e. The summed E-state index contributed by atoms with van der Waals surface area (Å²) in [6.07, 6.45) is 1.95. The number of primary amides is 1. The van der Waals surface area contributed by atoms with Crippen molar-refractivity contribution in [2.45, 2.75) is 13.0 Å². The highest BCUT2D eigenvalue weighted by Crippen LogP contribution is 2.26. The Balaban J connectivity index is 3.07. The molecule has 1 rings (SSSR count). The van der Waals surface area contributed by atoms with Gasteiger partial charge in [0.1, 0.15) is 5.69 Å². The predicted octanol–water partition coefficient (Wildman–Crippen LogP) is 1.86. The van der Waals surface area contributed by atoms with Crippen LogP contribution < -0.4 is 11.1 Å². The molecule has 3 N–H and O–H groups in total. The second-order valence-corrected chi connectivity index (χ2v) is 4.76. The van der Waals surface area contributed by atoms with Crippen LogP contribution in [0, 0.1) is 10.1 Å². The molecule has 1 amide bonds. The monoisotopic (exact) mass is 269 g/mol. The van der Waals surface area contributed by atoms with Gasteiger partial charge in [0, 0.05) is 23.4 Å². The molecule has 0 aliphatic heterocycles. The molecule has 1 aromatic rings. The van der Waals surface area contributed by atoms with Gasteiger partial charge in [0.05, 0.1) is 4.92 Å². The molecule has 1 aromatic carbocycles. The van der Waals surface area contributed by atoms with E-state index in [4.69, 9.17) is 5.73 Å². The standard InChI is InChI=1S/C11H15N3O3S/c1-7(6-18-2)13-9-5-8(11(12)15)3-4-10(9)14(16)17/h3-5,7,13H,6H2,1-2H3,(H2,12,15). The number of amides is 1. The minimum absolute atomic E-state index is 0.0572. The third-order valence-corrected chi connectivity index (χ3v) is 3.13. The van der Waals surface area contributed by atoms with Gasteiger partial charge in [-0.1, -0.05) is 0 Å². The summed E-state index contributed by atoms with van der Waals surface area (Å²) in [5.74, 6) is 0.197. The minimum Gasteiger partial charge on any atom is -0.376 e. The first-order chi connectivity index (χ1) is 8.45. The Hall–Kier alpha value is -1.76. The van der Waals surface area contributed by atoms with Gasteiger partial charge < -0.3 is 11.1 Å². The van der Waals surface area contributed by atoms with Gasteiger partial charge in [-0.2, -0.15) is 11.8 Å². The van der Waals surface area contributed by atoms with Crippen LogP contribution in [0.3, 0.4) is 0 Å². The minimum atomic E-state index is -0.606. The van der Waals surface area contributed by atoms with E-state index in [0.29, 0.717) is 5.69 Å². The Morgan fingerprint density at radius 2 is 2.28 bits per heavy atom. The number of benzene rings is 1. The zero-order valence-electron chi connectivity index (χ0n) is 10.2. The molecule has 0 spiro atoms. The molecular formula is C11H15N3O3S. The second-order valence-electron chi connectivity index (χ2n) is 3.85. The molecule has 98 valence electrons. The number of nitrogens with zero attached hydrogens (tertiary/aromatic N) is 1. The Labute approximate surface area is 109 Å². The third kappa shape index (κ3) is 3.63. The van der Waals surface area contributed by atoms with Crippen molar-refractivity contribution < 1.29 is 9.72 Å². The van der Waals surface area contributed by atoms with Crippen LogP contribution in [-0.2, 0) is 0 Å². The average molecular weight is 269 g/mol. The van der Waals surface area contributed by atoms with Crippen LogP contribution in [0.25, 0.3) is 0 Å². The molecule has 0 aliphatic carbocycles. The van der Waals surface area contributed by atoms with Crippen molar-refractivity contribution in [3.05, 3.63) is 33.9 Å². The van der Waals surface area contributed by atoms with Crippen molar-refractivity contribution in [3.8, 4) is 0 Å². The summed E-state index contributed by atoms with van der Waals surface area (Å²) in [6, 6.07) is 4.11. The van der Waals surface area contributed by atoms with Crippen LogP contribution in [0.4, 0.5) is 11.4 Å². The first kappa shape index (κ1) is 14.3. The fourth-order valence-electron chi connectivity index (χ4n) is 1.52. The highest BCUT2D eigenvalue weighted by molar-refractivity contribution is 7.98. The molecule has 6 nitrogen and oxygen atoms in total. The Morgan fingerprint density at radius 3 is 2.78 bits per heavy atom. The first-order valence-electron chi connectivity index (χ1n) is 5.29. The van der Waals surface area contributed by atoms with Crippen molar-refractivity contribution in [2.75, 3.05) is 17.3 Å². The smallest absolute Gasteiger partial charge is 0.292 e. The van der Waals surface area contributed by atoms with Crippen molar-refractivity contribution >= 4 is 29.0 Å². The fourth-order valence-corrected chi connectivity index (χ4v) is 2.10. The maximum absolute atomic E-state index is 11.1. The summed E-state index contributed by atoms with van der Waals surface area (Å²) in [4.78, 5) is 21.5. The first-order valence-corrected chi connectivity index (χ1v) is 6.68. The number of nitro groups is 1. The molecule has 0 fully saturated rings. The number of carbonyl (C=O) groups excluding carboxylic acids is 1. The molecule has 0 aliphatic rings. The Morgan fingerprint density at radius 1 is 1.61 bits per heavy atom. The molecule has 1 atom stereocenters. The summed E-state index contributed by atoms with van der Waals surface area (Å²) < 4.78 is 0. The van der Waals surface area contributed by atoms with E-state index in [1.54, 1.807) is 11.8 Å². The van der Waals surface area contributed by atoms with Gasteiger partial charge in [-0.15, -0.1) is 0 Å². The van der Waals surface area contributed by atoms with Gasteiger partial charge in [0.2, 0.25) is 5.91 Å². The molecule has 0 heterocycles. The maximum atomic E-state index is 11.1. The lowest BCUT2D eigenvalue weighted by atomic mass is 10.1. The largest absolute Gasteiger partial charge is 0.376 e. The van der Waals surface area contributed by atoms with Gasteiger partial charge in [-0.3, -0.25) is 14.9 Å². The summed E-state index contributed by atoms with van der Waals surface area (Å²) in [5.41, 5.74) is 5.66. The number of nitrogens with one attached hydrogen (secondary N) is 1. The van der Waals surface area contributed by atoms with Crippen molar-refractivity contribution in [1.82, 2.24) is 0 Å². The molecule has 0 radical (unpaired) electrons. The van der Waals surface area contributed by atoms with Gasteiger partial charge in [-0.25, -0.2) is 0 Å². The number of carbonyl (C=O) groups is 1. The number of thioether (sulfide) groups is 1. The van der Waals surface area contributed by atoms with E-state index in [9.17, 15) is 14.9 Å². The van der Waals surface area contributed by atoms with E-state index >= 15 is 0 Å². The van der Waals surface area contributed by atoms with Crippen molar-refractivity contribution in [1.29, 1.82) is 0 Å². The molecule has 0 saturated heterocycles. The molecule has 1 unspecified atom stereocenters. The van der Waals surface area contributed by atoms with Gasteiger partial charge in [0.25, 0.3) is 5.69 Å². The van der Waals surface area contributed by atoms with Crippen LogP contribution in [0.5, 0.6) is 0 Å². The van der Waals surface area contributed by atoms with E-state index in [1.807, 2.05) is 13.2 Å². The van der Waals surface area contributed by atoms with Gasteiger partial charge >= 0.3 is 0 Å². The Kier molecular flexibility index (Phi) is 4.96. The van der Waals surface area contributed by atoms with Crippen molar-refractivity contribution in [2.24, 2.45) is 5.73 Å². The number of anilines is 1. The molecular weight excluding hydrogens is 254 g/mol. The van der Waals surface area contributed by atoms with E-state index in [1.165, 1.54) is 18.2 Å². The number of nitro benzene ring substituents is 1. The van der Waals surface area contributed by atoms with Crippen LogP contribution in [0.2, 0.25) is 0 Å².